The lowest BCUT2D eigenvalue weighted by Crippen LogP contribution is -2.37. The van der Waals surface area contributed by atoms with Crippen LogP contribution >= 0.6 is 0 Å². The molecule has 1 amide bonds. The Hall–Kier alpha value is -2.05. The van der Waals surface area contributed by atoms with Crippen molar-refractivity contribution in [2.45, 2.75) is 20.0 Å². The van der Waals surface area contributed by atoms with Gasteiger partial charge in [-0.15, -0.1) is 0 Å². The summed E-state index contributed by atoms with van der Waals surface area (Å²) in [7, 11) is 0. The number of halogens is 3. The molecule has 0 radical (unpaired) electrons. The second kappa shape index (κ2) is 4.91. The molecule has 0 bridgehead atoms. The molecule has 0 spiro atoms. The number of anilines is 1. The molecule has 4 nitrogen and oxygen atoms in total. The Morgan fingerprint density at radius 3 is 2.26 bits per heavy atom. The van der Waals surface area contributed by atoms with Crippen LogP contribution in [-0.2, 0) is 15.8 Å². The van der Waals surface area contributed by atoms with E-state index in [9.17, 15) is 22.8 Å². The van der Waals surface area contributed by atoms with Crippen molar-refractivity contribution in [3.05, 3.63) is 29.8 Å². The molecule has 0 saturated carbocycles. The second-order valence-corrected chi connectivity index (χ2v) is 4.46. The van der Waals surface area contributed by atoms with Crippen LogP contribution in [0.15, 0.2) is 24.3 Å². The molecule has 0 aromatic heterocycles. The van der Waals surface area contributed by atoms with Gasteiger partial charge in [-0.2, -0.15) is 13.2 Å². The summed E-state index contributed by atoms with van der Waals surface area (Å²) in [6.45, 7) is 2.33. The van der Waals surface area contributed by atoms with Crippen molar-refractivity contribution >= 4 is 17.6 Å². The van der Waals surface area contributed by atoms with Gasteiger partial charge in [0.05, 0.1) is 5.56 Å². The van der Waals surface area contributed by atoms with E-state index in [0.717, 1.165) is 32.0 Å². The minimum atomic E-state index is -4.52. The normalized spacial score (nSPS) is 12.1. The maximum Gasteiger partial charge on any atom is 0.416 e. The number of carbonyl (C=O) groups excluding carboxylic acids is 1. The monoisotopic (exact) mass is 275 g/mol. The summed E-state index contributed by atoms with van der Waals surface area (Å²) in [5.41, 5.74) is -2.75. The van der Waals surface area contributed by atoms with Crippen molar-refractivity contribution in [3.8, 4) is 0 Å². The Morgan fingerprint density at radius 1 is 1.21 bits per heavy atom. The fourth-order valence-electron chi connectivity index (χ4n) is 1.16. The van der Waals surface area contributed by atoms with Gasteiger partial charge in [0.15, 0.2) is 0 Å². The first-order valence-corrected chi connectivity index (χ1v) is 5.27. The summed E-state index contributed by atoms with van der Waals surface area (Å²) in [4.78, 5) is 22.5. The first-order chi connectivity index (χ1) is 8.55. The SMILES string of the molecule is CC(C)(C(=O)O)C(=O)Nc1cccc(C(F)(F)F)c1. The van der Waals surface area contributed by atoms with Crippen molar-refractivity contribution in [2.75, 3.05) is 5.32 Å². The molecule has 0 aliphatic heterocycles. The van der Waals surface area contributed by atoms with Crippen LogP contribution in [0.4, 0.5) is 18.9 Å². The van der Waals surface area contributed by atoms with Crippen LogP contribution in [-0.4, -0.2) is 17.0 Å². The number of hydrogen-bond acceptors (Lipinski definition) is 2. The van der Waals surface area contributed by atoms with E-state index in [2.05, 4.69) is 5.32 Å². The molecule has 0 saturated heterocycles. The van der Waals surface area contributed by atoms with Gasteiger partial charge in [0.2, 0.25) is 5.91 Å². The number of aliphatic carboxylic acids is 1. The van der Waals surface area contributed by atoms with Gasteiger partial charge in [-0.3, -0.25) is 9.59 Å². The van der Waals surface area contributed by atoms with Crippen LogP contribution in [0.2, 0.25) is 0 Å². The summed E-state index contributed by atoms with van der Waals surface area (Å²) in [5, 5.41) is 11.0. The van der Waals surface area contributed by atoms with Crippen LogP contribution in [0.3, 0.4) is 0 Å². The van der Waals surface area contributed by atoms with Crippen molar-refractivity contribution in [1.29, 1.82) is 0 Å². The highest BCUT2D eigenvalue weighted by Gasteiger charge is 2.36. The number of amides is 1. The van der Waals surface area contributed by atoms with E-state index in [1.165, 1.54) is 6.07 Å². The summed E-state index contributed by atoms with van der Waals surface area (Å²) < 4.78 is 37.4. The smallest absolute Gasteiger partial charge is 0.416 e. The Labute approximate surface area is 107 Å². The molecule has 104 valence electrons. The molecule has 2 N–H and O–H groups in total. The minimum absolute atomic E-state index is 0.103. The van der Waals surface area contributed by atoms with Crippen molar-refractivity contribution in [3.63, 3.8) is 0 Å². The van der Waals surface area contributed by atoms with Gasteiger partial charge < -0.3 is 10.4 Å². The molecule has 19 heavy (non-hydrogen) atoms. The zero-order chi connectivity index (χ0) is 14.8. The van der Waals surface area contributed by atoms with E-state index in [4.69, 9.17) is 5.11 Å². The van der Waals surface area contributed by atoms with Gasteiger partial charge in [-0.1, -0.05) is 6.07 Å². The van der Waals surface area contributed by atoms with E-state index >= 15 is 0 Å². The van der Waals surface area contributed by atoms with Gasteiger partial charge >= 0.3 is 12.1 Å². The predicted octanol–water partition coefficient (Wildman–Crippen LogP) is 2.75. The van der Waals surface area contributed by atoms with Crippen molar-refractivity contribution in [2.24, 2.45) is 5.41 Å². The van der Waals surface area contributed by atoms with E-state index in [1.54, 1.807) is 0 Å². The third kappa shape index (κ3) is 3.46. The molecular weight excluding hydrogens is 263 g/mol. The number of rotatable bonds is 3. The fourth-order valence-corrected chi connectivity index (χ4v) is 1.16. The quantitative estimate of drug-likeness (QED) is 0.833. The zero-order valence-corrected chi connectivity index (χ0v) is 10.2. The lowest BCUT2D eigenvalue weighted by atomic mass is 9.92. The van der Waals surface area contributed by atoms with E-state index < -0.39 is 29.0 Å². The minimum Gasteiger partial charge on any atom is -0.480 e. The Morgan fingerprint density at radius 2 is 1.79 bits per heavy atom. The summed E-state index contributed by atoms with van der Waals surface area (Å²) >= 11 is 0. The Balaban J connectivity index is 2.96. The first kappa shape index (κ1) is 15.0. The van der Waals surface area contributed by atoms with Gasteiger partial charge in [0.25, 0.3) is 0 Å². The largest absolute Gasteiger partial charge is 0.480 e. The Kier molecular flexibility index (Phi) is 3.88. The lowest BCUT2D eigenvalue weighted by Gasteiger charge is -2.18. The maximum atomic E-state index is 12.5. The molecule has 0 atom stereocenters. The van der Waals surface area contributed by atoms with Crippen LogP contribution in [0.1, 0.15) is 19.4 Å². The summed E-state index contributed by atoms with van der Waals surface area (Å²) in [6, 6.07) is 3.99. The average Bonchev–Trinajstić information content (AvgIpc) is 2.27. The fraction of sp³-hybridized carbons (Fsp3) is 0.333. The van der Waals surface area contributed by atoms with Crippen molar-refractivity contribution in [1.82, 2.24) is 0 Å². The van der Waals surface area contributed by atoms with Crippen LogP contribution in [0.25, 0.3) is 0 Å². The summed E-state index contributed by atoms with van der Waals surface area (Å²) in [6.07, 6.45) is -4.52. The van der Waals surface area contributed by atoms with E-state index in [0.29, 0.717) is 0 Å². The number of hydrogen-bond donors (Lipinski definition) is 2. The molecule has 1 aromatic carbocycles. The number of carboxylic acids is 1. The predicted molar refractivity (Wildman–Crippen MR) is 61.5 cm³/mol. The van der Waals surface area contributed by atoms with E-state index in [-0.39, 0.29) is 5.69 Å². The van der Waals surface area contributed by atoms with Gasteiger partial charge in [0.1, 0.15) is 5.41 Å². The number of carbonyl (C=O) groups is 2. The molecule has 7 heteroatoms. The lowest BCUT2D eigenvalue weighted by molar-refractivity contribution is -0.151. The second-order valence-electron chi connectivity index (χ2n) is 4.46. The molecule has 0 heterocycles. The average molecular weight is 275 g/mol. The van der Waals surface area contributed by atoms with Gasteiger partial charge in [-0.05, 0) is 32.0 Å². The molecule has 0 fully saturated rings. The number of alkyl halides is 3. The maximum absolute atomic E-state index is 12.5. The van der Waals surface area contributed by atoms with Crippen LogP contribution < -0.4 is 5.32 Å². The first-order valence-electron chi connectivity index (χ1n) is 5.27. The molecule has 0 aliphatic rings. The third-order valence-electron chi connectivity index (χ3n) is 2.55. The molecule has 0 aliphatic carbocycles. The standard InChI is InChI=1S/C12H12F3NO3/c1-11(2,10(18)19)9(17)16-8-5-3-4-7(6-8)12(13,14)15/h3-6H,1-2H3,(H,16,17)(H,18,19). The van der Waals surface area contributed by atoms with Crippen molar-refractivity contribution < 1.29 is 27.9 Å². The molecule has 1 rings (SSSR count). The van der Waals surface area contributed by atoms with Crippen LogP contribution in [0, 0.1) is 5.41 Å². The molecule has 1 aromatic rings. The highest BCUT2D eigenvalue weighted by atomic mass is 19.4. The van der Waals surface area contributed by atoms with Gasteiger partial charge in [0, 0.05) is 5.69 Å². The number of benzene rings is 1. The van der Waals surface area contributed by atoms with E-state index in [1.807, 2.05) is 0 Å². The van der Waals surface area contributed by atoms with Gasteiger partial charge in [-0.25, -0.2) is 0 Å². The zero-order valence-electron chi connectivity index (χ0n) is 10.2. The Bertz CT molecular complexity index is 509. The third-order valence-corrected chi connectivity index (χ3v) is 2.55. The number of carboxylic acid groups (broad SMARTS) is 1. The summed E-state index contributed by atoms with van der Waals surface area (Å²) in [5.74, 6) is -2.25. The number of nitrogens with one attached hydrogen (secondary N) is 1. The van der Waals surface area contributed by atoms with Crippen LogP contribution in [0.5, 0.6) is 0 Å². The highest BCUT2D eigenvalue weighted by Crippen LogP contribution is 2.31. The molecule has 0 unspecified atom stereocenters. The molecular formula is C12H12F3NO3. The topological polar surface area (TPSA) is 66.4 Å². The highest BCUT2D eigenvalue weighted by molar-refractivity contribution is 6.07.